The van der Waals surface area contributed by atoms with E-state index in [0.717, 1.165) is 17.9 Å². The smallest absolute Gasteiger partial charge is 0.175 e. The van der Waals surface area contributed by atoms with E-state index in [1.54, 1.807) is 24.4 Å². The van der Waals surface area contributed by atoms with Crippen molar-refractivity contribution in [1.82, 2.24) is 9.78 Å². The molecule has 0 aliphatic heterocycles. The number of aromatic nitrogens is 2. The van der Waals surface area contributed by atoms with Crippen molar-refractivity contribution < 1.29 is 8.42 Å². The number of aryl methyl sites for hydroxylation is 1. The molecule has 1 N–H and O–H groups in total. The van der Waals surface area contributed by atoms with Gasteiger partial charge in [0.25, 0.3) is 0 Å². The SMILES string of the molecule is CCn1nccc1CNc1cccc(S(C)(=O)=O)c1. The first-order valence-corrected chi connectivity index (χ1v) is 7.94. The molecule has 5 nitrogen and oxygen atoms in total. The lowest BCUT2D eigenvalue weighted by Gasteiger charge is -2.09. The zero-order chi connectivity index (χ0) is 13.9. The van der Waals surface area contributed by atoms with Gasteiger partial charge in [0.2, 0.25) is 0 Å². The van der Waals surface area contributed by atoms with Gasteiger partial charge in [0.15, 0.2) is 9.84 Å². The molecule has 0 spiro atoms. The summed E-state index contributed by atoms with van der Waals surface area (Å²) >= 11 is 0. The minimum absolute atomic E-state index is 0.321. The van der Waals surface area contributed by atoms with Gasteiger partial charge in [-0.2, -0.15) is 5.10 Å². The molecule has 2 rings (SSSR count). The van der Waals surface area contributed by atoms with Crippen molar-refractivity contribution in [2.45, 2.75) is 24.9 Å². The van der Waals surface area contributed by atoms with E-state index < -0.39 is 9.84 Å². The van der Waals surface area contributed by atoms with Gasteiger partial charge in [-0.3, -0.25) is 4.68 Å². The molecule has 102 valence electrons. The molecule has 2 aromatic rings. The first kappa shape index (κ1) is 13.6. The van der Waals surface area contributed by atoms with E-state index in [4.69, 9.17) is 0 Å². The van der Waals surface area contributed by atoms with Crippen molar-refractivity contribution >= 4 is 15.5 Å². The van der Waals surface area contributed by atoms with Gasteiger partial charge >= 0.3 is 0 Å². The lowest BCUT2D eigenvalue weighted by molar-refractivity contribution is 0.602. The van der Waals surface area contributed by atoms with Crippen LogP contribution in [0, 0.1) is 0 Å². The first-order valence-electron chi connectivity index (χ1n) is 6.05. The third kappa shape index (κ3) is 3.35. The molecule has 0 radical (unpaired) electrons. The van der Waals surface area contributed by atoms with Crippen LogP contribution in [-0.2, 0) is 22.9 Å². The quantitative estimate of drug-likeness (QED) is 0.908. The normalized spacial score (nSPS) is 11.5. The zero-order valence-corrected chi connectivity index (χ0v) is 11.8. The fraction of sp³-hybridized carbons (Fsp3) is 0.308. The van der Waals surface area contributed by atoms with Crippen LogP contribution in [0.25, 0.3) is 0 Å². The number of nitrogens with one attached hydrogen (secondary N) is 1. The molecule has 1 aromatic heterocycles. The molecule has 19 heavy (non-hydrogen) atoms. The van der Waals surface area contributed by atoms with E-state index in [2.05, 4.69) is 10.4 Å². The van der Waals surface area contributed by atoms with Crippen LogP contribution in [0.3, 0.4) is 0 Å². The topological polar surface area (TPSA) is 64.0 Å². The van der Waals surface area contributed by atoms with Crippen molar-refractivity contribution in [3.63, 3.8) is 0 Å². The number of anilines is 1. The molecule has 0 saturated carbocycles. The number of benzene rings is 1. The van der Waals surface area contributed by atoms with Crippen molar-refractivity contribution in [3.8, 4) is 0 Å². The van der Waals surface area contributed by atoms with Crippen molar-refractivity contribution in [1.29, 1.82) is 0 Å². The van der Waals surface area contributed by atoms with Gasteiger partial charge in [-0.05, 0) is 31.2 Å². The number of sulfone groups is 1. The maximum absolute atomic E-state index is 11.5. The van der Waals surface area contributed by atoms with Crippen LogP contribution in [0.1, 0.15) is 12.6 Å². The average molecular weight is 279 g/mol. The van der Waals surface area contributed by atoms with Crippen molar-refractivity contribution in [2.24, 2.45) is 0 Å². The second kappa shape index (κ2) is 5.44. The van der Waals surface area contributed by atoms with Crippen molar-refractivity contribution in [2.75, 3.05) is 11.6 Å². The number of rotatable bonds is 5. The number of nitrogens with zero attached hydrogens (tertiary/aromatic N) is 2. The highest BCUT2D eigenvalue weighted by molar-refractivity contribution is 7.90. The Labute approximate surface area is 113 Å². The predicted molar refractivity (Wildman–Crippen MR) is 74.8 cm³/mol. The van der Waals surface area contributed by atoms with E-state index in [1.165, 1.54) is 6.26 Å². The van der Waals surface area contributed by atoms with Crippen LogP contribution >= 0.6 is 0 Å². The molecular formula is C13H17N3O2S. The fourth-order valence-corrected chi connectivity index (χ4v) is 2.49. The molecule has 6 heteroatoms. The van der Waals surface area contributed by atoms with E-state index >= 15 is 0 Å². The van der Waals surface area contributed by atoms with Crippen LogP contribution in [0.5, 0.6) is 0 Å². The van der Waals surface area contributed by atoms with Crippen LogP contribution in [0.15, 0.2) is 41.4 Å². The maximum Gasteiger partial charge on any atom is 0.175 e. The van der Waals surface area contributed by atoms with Gasteiger partial charge < -0.3 is 5.32 Å². The van der Waals surface area contributed by atoms with Crippen LogP contribution < -0.4 is 5.32 Å². The molecule has 0 bridgehead atoms. The third-order valence-electron chi connectivity index (χ3n) is 2.84. The summed E-state index contributed by atoms with van der Waals surface area (Å²) in [6, 6.07) is 8.76. The third-order valence-corrected chi connectivity index (χ3v) is 3.95. The highest BCUT2D eigenvalue weighted by atomic mass is 32.2. The average Bonchev–Trinajstić information content (AvgIpc) is 2.83. The summed E-state index contributed by atoms with van der Waals surface area (Å²) < 4.78 is 24.8. The van der Waals surface area contributed by atoms with Crippen LogP contribution in [0.2, 0.25) is 0 Å². The van der Waals surface area contributed by atoms with Gasteiger partial charge in [0, 0.05) is 24.7 Å². The van der Waals surface area contributed by atoms with Gasteiger partial charge in [0.1, 0.15) is 0 Å². The van der Waals surface area contributed by atoms with Gasteiger partial charge in [-0.15, -0.1) is 0 Å². The fourth-order valence-electron chi connectivity index (χ4n) is 1.82. The van der Waals surface area contributed by atoms with E-state index in [0.29, 0.717) is 11.4 Å². The molecule has 0 amide bonds. The first-order chi connectivity index (χ1) is 9.00. The predicted octanol–water partition coefficient (Wildman–Crippen LogP) is 1.92. The Bertz CT molecular complexity index is 662. The Hall–Kier alpha value is -1.82. The highest BCUT2D eigenvalue weighted by Gasteiger charge is 2.07. The summed E-state index contributed by atoms with van der Waals surface area (Å²) in [7, 11) is -3.17. The summed E-state index contributed by atoms with van der Waals surface area (Å²) in [6.45, 7) is 3.45. The van der Waals surface area contributed by atoms with Gasteiger partial charge in [-0.25, -0.2) is 8.42 Å². The number of hydrogen-bond acceptors (Lipinski definition) is 4. The molecule has 0 fully saturated rings. The summed E-state index contributed by atoms with van der Waals surface area (Å²) in [5, 5.41) is 7.39. The number of hydrogen-bond donors (Lipinski definition) is 1. The van der Waals surface area contributed by atoms with E-state index in [9.17, 15) is 8.42 Å². The Balaban J connectivity index is 2.12. The Morgan fingerprint density at radius 3 is 2.79 bits per heavy atom. The van der Waals surface area contributed by atoms with Gasteiger partial charge in [-0.1, -0.05) is 6.07 Å². The molecular weight excluding hydrogens is 262 g/mol. The highest BCUT2D eigenvalue weighted by Crippen LogP contribution is 2.16. The van der Waals surface area contributed by atoms with Crippen LogP contribution in [0.4, 0.5) is 5.69 Å². The summed E-state index contributed by atoms with van der Waals surface area (Å²) in [5.41, 5.74) is 1.85. The van der Waals surface area contributed by atoms with Crippen molar-refractivity contribution in [3.05, 3.63) is 42.2 Å². The molecule has 0 atom stereocenters. The van der Waals surface area contributed by atoms with Gasteiger partial charge in [0.05, 0.1) is 17.1 Å². The Morgan fingerprint density at radius 1 is 1.32 bits per heavy atom. The molecule has 0 unspecified atom stereocenters. The Morgan fingerprint density at radius 2 is 2.11 bits per heavy atom. The lowest BCUT2D eigenvalue weighted by Crippen LogP contribution is -2.08. The molecule has 1 aromatic carbocycles. The Kier molecular flexibility index (Phi) is 3.90. The largest absolute Gasteiger partial charge is 0.379 e. The summed E-state index contributed by atoms with van der Waals surface area (Å²) in [6.07, 6.45) is 2.96. The maximum atomic E-state index is 11.5. The van der Waals surface area contributed by atoms with E-state index in [-0.39, 0.29) is 0 Å². The molecule has 0 saturated heterocycles. The monoisotopic (exact) mass is 279 g/mol. The lowest BCUT2D eigenvalue weighted by atomic mass is 10.3. The van der Waals surface area contributed by atoms with E-state index in [1.807, 2.05) is 23.7 Å². The molecule has 1 heterocycles. The summed E-state index contributed by atoms with van der Waals surface area (Å²) in [4.78, 5) is 0.321. The minimum atomic E-state index is -3.17. The minimum Gasteiger partial charge on any atom is -0.379 e. The second-order valence-electron chi connectivity index (χ2n) is 4.29. The second-order valence-corrected chi connectivity index (χ2v) is 6.31. The molecule has 0 aliphatic rings. The zero-order valence-electron chi connectivity index (χ0n) is 11.0. The van der Waals surface area contributed by atoms with Crippen LogP contribution in [-0.4, -0.2) is 24.5 Å². The summed E-state index contributed by atoms with van der Waals surface area (Å²) in [5.74, 6) is 0. The molecule has 0 aliphatic carbocycles. The standard InChI is InChI=1S/C13H17N3O2S/c1-3-16-12(7-8-15-16)10-14-11-5-4-6-13(9-11)19(2,17)18/h4-9,14H,3,10H2,1-2H3.